The lowest BCUT2D eigenvalue weighted by Gasteiger charge is -2.14. The molecule has 0 radical (unpaired) electrons. The number of thiocarbonyl (C=S) groups is 1. The number of anilines is 1. The Morgan fingerprint density at radius 2 is 1.80 bits per heavy atom. The maximum absolute atomic E-state index is 12.9. The molecule has 0 N–H and O–H groups in total. The van der Waals surface area contributed by atoms with Crippen LogP contribution in [0, 0.1) is 0 Å². The second-order valence-electron chi connectivity index (χ2n) is 7.18. The molecule has 1 aliphatic heterocycles. The lowest BCUT2D eigenvalue weighted by Crippen LogP contribution is -2.27. The van der Waals surface area contributed by atoms with E-state index in [0.717, 1.165) is 34.5 Å². The minimum Gasteiger partial charge on any atom is -0.494 e. The van der Waals surface area contributed by atoms with Gasteiger partial charge in [0.05, 0.1) is 17.2 Å². The van der Waals surface area contributed by atoms with E-state index in [0.29, 0.717) is 9.23 Å². The molecule has 6 heteroatoms. The number of unbranched alkanes of at least 4 members (excludes halogenated alkanes) is 5. The largest absolute Gasteiger partial charge is 0.494 e. The van der Waals surface area contributed by atoms with E-state index in [1.807, 2.05) is 54.6 Å². The standard InChI is InChI=1S/C24H26BrNO2S2/c1-2-3-4-5-6-7-15-28-21-13-11-18(12-14-21)16-22-23(27)26(24(29)30-22)20-10-8-9-19(25)17-20/h8-14,16-17H,2-7,15H2,1H3/b22-16-. The highest BCUT2D eigenvalue weighted by Crippen LogP contribution is 2.36. The summed E-state index contributed by atoms with van der Waals surface area (Å²) in [6.07, 6.45) is 9.39. The van der Waals surface area contributed by atoms with Gasteiger partial charge in [-0.2, -0.15) is 0 Å². The first kappa shape index (κ1) is 23.0. The summed E-state index contributed by atoms with van der Waals surface area (Å²) in [6, 6.07) is 15.5. The van der Waals surface area contributed by atoms with Gasteiger partial charge < -0.3 is 4.74 Å². The van der Waals surface area contributed by atoms with Gasteiger partial charge in [-0.1, -0.05) is 97.1 Å². The van der Waals surface area contributed by atoms with Crippen LogP contribution < -0.4 is 9.64 Å². The number of hydrogen-bond donors (Lipinski definition) is 0. The molecule has 1 saturated heterocycles. The molecule has 0 spiro atoms. The van der Waals surface area contributed by atoms with Crippen molar-refractivity contribution in [2.75, 3.05) is 11.5 Å². The normalized spacial score (nSPS) is 15.3. The fourth-order valence-electron chi connectivity index (χ4n) is 3.19. The molecule has 1 heterocycles. The molecule has 0 atom stereocenters. The van der Waals surface area contributed by atoms with Gasteiger partial charge in [-0.15, -0.1) is 0 Å². The molecule has 0 saturated carbocycles. The van der Waals surface area contributed by atoms with E-state index in [-0.39, 0.29) is 5.91 Å². The van der Waals surface area contributed by atoms with Gasteiger partial charge in [0, 0.05) is 4.47 Å². The average molecular weight is 505 g/mol. The van der Waals surface area contributed by atoms with Crippen LogP contribution in [0.15, 0.2) is 57.9 Å². The number of nitrogens with zero attached hydrogens (tertiary/aromatic N) is 1. The first-order valence-electron chi connectivity index (χ1n) is 10.3. The van der Waals surface area contributed by atoms with Crippen molar-refractivity contribution in [3.8, 4) is 5.75 Å². The molecule has 3 nitrogen and oxygen atoms in total. The van der Waals surface area contributed by atoms with Crippen LogP contribution in [-0.2, 0) is 4.79 Å². The second kappa shape index (κ2) is 11.7. The van der Waals surface area contributed by atoms with E-state index in [2.05, 4.69) is 22.9 Å². The molecule has 0 aliphatic carbocycles. The SMILES string of the molecule is CCCCCCCCOc1ccc(/C=C2\SC(=S)N(c3cccc(Br)c3)C2=O)cc1. The number of carbonyl (C=O) groups is 1. The number of rotatable bonds is 10. The molecule has 0 bridgehead atoms. The lowest BCUT2D eigenvalue weighted by atomic mass is 10.1. The van der Waals surface area contributed by atoms with Crippen molar-refractivity contribution in [3.05, 3.63) is 63.5 Å². The van der Waals surface area contributed by atoms with Crippen LogP contribution in [0.25, 0.3) is 6.08 Å². The third kappa shape index (κ3) is 6.43. The summed E-state index contributed by atoms with van der Waals surface area (Å²) in [4.78, 5) is 15.1. The van der Waals surface area contributed by atoms with E-state index in [9.17, 15) is 4.79 Å². The third-order valence-corrected chi connectivity index (χ3v) is 6.60. The number of halogens is 1. The summed E-state index contributed by atoms with van der Waals surface area (Å²) in [7, 11) is 0. The van der Waals surface area contributed by atoms with Gasteiger partial charge in [-0.25, -0.2) is 0 Å². The van der Waals surface area contributed by atoms with Crippen LogP contribution >= 0.6 is 39.9 Å². The van der Waals surface area contributed by atoms with Gasteiger partial charge in [0.25, 0.3) is 5.91 Å². The maximum Gasteiger partial charge on any atom is 0.270 e. The van der Waals surface area contributed by atoms with Crippen LogP contribution in [0.2, 0.25) is 0 Å². The summed E-state index contributed by atoms with van der Waals surface area (Å²) < 4.78 is 7.29. The molecule has 2 aromatic rings. The number of carbonyl (C=O) groups excluding carboxylic acids is 1. The Kier molecular flexibility index (Phi) is 8.97. The van der Waals surface area contributed by atoms with Crippen LogP contribution in [0.1, 0.15) is 51.0 Å². The van der Waals surface area contributed by atoms with Crippen LogP contribution in [0.3, 0.4) is 0 Å². The Morgan fingerprint density at radius 1 is 1.07 bits per heavy atom. The first-order chi connectivity index (χ1) is 14.6. The first-order valence-corrected chi connectivity index (χ1v) is 12.4. The van der Waals surface area contributed by atoms with E-state index < -0.39 is 0 Å². The van der Waals surface area contributed by atoms with Gasteiger partial charge in [-0.05, 0) is 48.4 Å². The summed E-state index contributed by atoms with van der Waals surface area (Å²) in [5.74, 6) is 0.772. The monoisotopic (exact) mass is 503 g/mol. The van der Waals surface area contributed by atoms with Crippen molar-refractivity contribution in [2.24, 2.45) is 0 Å². The quantitative estimate of drug-likeness (QED) is 0.189. The van der Waals surface area contributed by atoms with Crippen molar-refractivity contribution in [3.63, 3.8) is 0 Å². The van der Waals surface area contributed by atoms with Gasteiger partial charge >= 0.3 is 0 Å². The Morgan fingerprint density at radius 3 is 2.53 bits per heavy atom. The van der Waals surface area contributed by atoms with Crippen molar-refractivity contribution >= 4 is 61.9 Å². The fourth-order valence-corrected chi connectivity index (χ4v) is 4.88. The molecule has 30 heavy (non-hydrogen) atoms. The Bertz CT molecular complexity index is 912. The third-order valence-electron chi connectivity index (χ3n) is 4.80. The topological polar surface area (TPSA) is 29.5 Å². The molecule has 3 rings (SSSR count). The molecular formula is C24H26BrNO2S2. The van der Waals surface area contributed by atoms with Crippen molar-refractivity contribution in [1.82, 2.24) is 0 Å². The maximum atomic E-state index is 12.9. The zero-order valence-electron chi connectivity index (χ0n) is 17.1. The summed E-state index contributed by atoms with van der Waals surface area (Å²) in [6.45, 7) is 2.98. The molecule has 0 unspecified atom stereocenters. The highest BCUT2D eigenvalue weighted by atomic mass is 79.9. The number of thioether (sulfide) groups is 1. The number of ether oxygens (including phenoxy) is 1. The predicted octanol–water partition coefficient (Wildman–Crippen LogP) is 7.59. The minimum atomic E-state index is -0.0912. The average Bonchev–Trinajstić information content (AvgIpc) is 3.01. The smallest absolute Gasteiger partial charge is 0.270 e. The molecule has 1 amide bonds. The van der Waals surface area contributed by atoms with Crippen molar-refractivity contribution in [1.29, 1.82) is 0 Å². The molecule has 1 aliphatic rings. The van der Waals surface area contributed by atoms with Crippen molar-refractivity contribution < 1.29 is 9.53 Å². The van der Waals surface area contributed by atoms with Crippen LogP contribution in [-0.4, -0.2) is 16.8 Å². The van der Waals surface area contributed by atoms with E-state index in [1.165, 1.54) is 43.9 Å². The molecular weight excluding hydrogens is 478 g/mol. The Balaban J connectivity index is 1.55. The number of benzene rings is 2. The summed E-state index contributed by atoms with van der Waals surface area (Å²) in [5, 5.41) is 0. The van der Waals surface area contributed by atoms with Crippen LogP contribution in [0.5, 0.6) is 5.75 Å². The highest BCUT2D eigenvalue weighted by Gasteiger charge is 2.33. The van der Waals surface area contributed by atoms with E-state index in [4.69, 9.17) is 17.0 Å². The van der Waals surface area contributed by atoms with Gasteiger partial charge in [0.1, 0.15) is 5.75 Å². The van der Waals surface area contributed by atoms with Gasteiger partial charge in [-0.3, -0.25) is 9.69 Å². The number of amides is 1. The zero-order chi connectivity index (χ0) is 21.3. The Hall–Kier alpha value is -1.63. The second-order valence-corrected chi connectivity index (χ2v) is 9.77. The molecule has 2 aromatic carbocycles. The van der Waals surface area contributed by atoms with E-state index >= 15 is 0 Å². The highest BCUT2D eigenvalue weighted by molar-refractivity contribution is 9.10. The summed E-state index contributed by atoms with van der Waals surface area (Å²) in [5.41, 5.74) is 1.73. The van der Waals surface area contributed by atoms with E-state index in [1.54, 1.807) is 4.90 Å². The fraction of sp³-hybridized carbons (Fsp3) is 0.333. The molecule has 158 valence electrons. The number of hydrogen-bond acceptors (Lipinski definition) is 4. The Labute approximate surface area is 197 Å². The minimum absolute atomic E-state index is 0.0912. The van der Waals surface area contributed by atoms with Crippen molar-refractivity contribution in [2.45, 2.75) is 45.4 Å². The summed E-state index contributed by atoms with van der Waals surface area (Å²) >= 11 is 10.2. The molecule has 0 aromatic heterocycles. The molecule has 1 fully saturated rings. The van der Waals surface area contributed by atoms with Gasteiger partial charge in [0.15, 0.2) is 4.32 Å². The van der Waals surface area contributed by atoms with Gasteiger partial charge in [0.2, 0.25) is 0 Å². The zero-order valence-corrected chi connectivity index (χ0v) is 20.3. The predicted molar refractivity (Wildman–Crippen MR) is 135 cm³/mol. The lowest BCUT2D eigenvalue weighted by molar-refractivity contribution is -0.113. The van der Waals surface area contributed by atoms with Crippen LogP contribution in [0.4, 0.5) is 5.69 Å².